The van der Waals surface area contributed by atoms with E-state index in [-0.39, 0.29) is 17.9 Å². The van der Waals surface area contributed by atoms with Crippen molar-refractivity contribution in [1.29, 1.82) is 0 Å². The summed E-state index contributed by atoms with van der Waals surface area (Å²) in [6.07, 6.45) is 5.03. The smallest absolute Gasteiger partial charge is 0.253 e. The number of amides is 1. The molecule has 1 fully saturated rings. The molecule has 24 heavy (non-hydrogen) atoms. The third kappa shape index (κ3) is 4.29. The van der Waals surface area contributed by atoms with Crippen LogP contribution in [0.3, 0.4) is 0 Å². The van der Waals surface area contributed by atoms with Crippen molar-refractivity contribution in [3.05, 3.63) is 29.3 Å². The Labute approximate surface area is 146 Å². The molecule has 0 unspecified atom stereocenters. The van der Waals surface area contributed by atoms with Crippen molar-refractivity contribution in [1.82, 2.24) is 5.32 Å². The van der Waals surface area contributed by atoms with Crippen molar-refractivity contribution < 1.29 is 9.90 Å². The summed E-state index contributed by atoms with van der Waals surface area (Å²) < 4.78 is 0. The van der Waals surface area contributed by atoms with Crippen LogP contribution in [-0.2, 0) is 0 Å². The molecule has 0 radical (unpaired) electrons. The van der Waals surface area contributed by atoms with Crippen LogP contribution in [-0.4, -0.2) is 37.3 Å². The predicted molar refractivity (Wildman–Crippen MR) is 99.7 cm³/mol. The summed E-state index contributed by atoms with van der Waals surface area (Å²) in [5.74, 6) is 0.00446. The van der Waals surface area contributed by atoms with Gasteiger partial charge in [-0.2, -0.15) is 0 Å². The molecular formula is C20H32N2O2. The molecule has 4 heteroatoms. The van der Waals surface area contributed by atoms with Gasteiger partial charge in [-0.15, -0.1) is 0 Å². The molecule has 0 atom stereocenters. The number of rotatable bonds is 8. The van der Waals surface area contributed by atoms with Crippen LogP contribution in [0.25, 0.3) is 0 Å². The van der Waals surface area contributed by atoms with Gasteiger partial charge in [-0.3, -0.25) is 4.79 Å². The fourth-order valence-electron chi connectivity index (χ4n) is 3.61. The highest BCUT2D eigenvalue weighted by Gasteiger charge is 2.27. The van der Waals surface area contributed by atoms with Crippen LogP contribution in [0.5, 0.6) is 0 Å². The lowest BCUT2D eigenvalue weighted by Gasteiger charge is -2.31. The number of aliphatic hydroxyl groups is 1. The minimum absolute atomic E-state index is 0.00446. The molecule has 1 amide bonds. The molecule has 0 aliphatic carbocycles. The second-order valence-electron chi connectivity index (χ2n) is 7.08. The number of carbonyl (C=O) groups excluding carboxylic acids is 1. The quantitative estimate of drug-likeness (QED) is 0.766. The fraction of sp³-hybridized carbons (Fsp3) is 0.650. The average molecular weight is 332 g/mol. The van der Waals surface area contributed by atoms with Crippen LogP contribution in [0.4, 0.5) is 5.69 Å². The molecule has 4 nitrogen and oxygen atoms in total. The van der Waals surface area contributed by atoms with Gasteiger partial charge in [0.1, 0.15) is 0 Å². The topological polar surface area (TPSA) is 52.6 Å². The molecule has 1 saturated heterocycles. The summed E-state index contributed by atoms with van der Waals surface area (Å²) in [7, 11) is 0. The van der Waals surface area contributed by atoms with E-state index in [1.165, 1.54) is 12.8 Å². The second kappa shape index (κ2) is 8.52. The number of hydrogen-bond donors (Lipinski definition) is 2. The van der Waals surface area contributed by atoms with Crippen LogP contribution in [0.1, 0.15) is 61.9 Å². The Morgan fingerprint density at radius 3 is 2.50 bits per heavy atom. The van der Waals surface area contributed by atoms with Crippen molar-refractivity contribution in [2.24, 2.45) is 5.41 Å². The van der Waals surface area contributed by atoms with Crippen molar-refractivity contribution in [3.8, 4) is 0 Å². The lowest BCUT2D eigenvalue weighted by molar-refractivity contribution is 0.0907. The summed E-state index contributed by atoms with van der Waals surface area (Å²) in [5.41, 5.74) is 2.93. The Kier molecular flexibility index (Phi) is 6.67. The van der Waals surface area contributed by atoms with Crippen LogP contribution in [0, 0.1) is 12.3 Å². The summed E-state index contributed by atoms with van der Waals surface area (Å²) in [6, 6.07) is 6.16. The van der Waals surface area contributed by atoms with Gasteiger partial charge in [-0.05, 0) is 56.6 Å². The number of aliphatic hydroxyl groups excluding tert-OH is 1. The van der Waals surface area contributed by atoms with Gasteiger partial charge in [0, 0.05) is 31.9 Å². The van der Waals surface area contributed by atoms with Gasteiger partial charge >= 0.3 is 0 Å². The van der Waals surface area contributed by atoms with E-state index in [9.17, 15) is 9.90 Å². The average Bonchev–Trinajstić information content (AvgIpc) is 3.12. The van der Waals surface area contributed by atoms with Gasteiger partial charge in [0.2, 0.25) is 0 Å². The lowest BCUT2D eigenvalue weighted by Crippen LogP contribution is -2.38. The van der Waals surface area contributed by atoms with Gasteiger partial charge in [0.15, 0.2) is 0 Å². The summed E-state index contributed by atoms with van der Waals surface area (Å²) in [6.45, 7) is 9.14. The molecule has 134 valence electrons. The molecule has 0 bridgehead atoms. The van der Waals surface area contributed by atoms with Gasteiger partial charge in [-0.1, -0.05) is 25.5 Å². The van der Waals surface area contributed by atoms with Crippen molar-refractivity contribution >= 4 is 11.6 Å². The molecule has 1 aliphatic heterocycles. The SMILES string of the molecule is CCC(CC)(CCO)CNC(=O)c1cc(C)ccc1N1CCCC1. The van der Waals surface area contributed by atoms with Gasteiger partial charge < -0.3 is 15.3 Å². The van der Waals surface area contributed by atoms with E-state index in [4.69, 9.17) is 0 Å². The summed E-state index contributed by atoms with van der Waals surface area (Å²) in [4.78, 5) is 15.2. The molecule has 0 aromatic heterocycles. The largest absolute Gasteiger partial charge is 0.396 e. The standard InChI is InChI=1S/C20H32N2O2/c1-4-20(5-2,10-13-23)15-21-19(24)17-14-16(3)8-9-18(17)22-11-6-7-12-22/h8-9,14,23H,4-7,10-13,15H2,1-3H3,(H,21,24). The summed E-state index contributed by atoms with van der Waals surface area (Å²) in [5, 5.41) is 12.5. The molecule has 1 aliphatic rings. The highest BCUT2D eigenvalue weighted by molar-refractivity contribution is 6.00. The van der Waals surface area contributed by atoms with E-state index < -0.39 is 0 Å². The molecule has 1 aromatic carbocycles. The minimum Gasteiger partial charge on any atom is -0.396 e. The van der Waals surface area contributed by atoms with Gasteiger partial charge in [0.05, 0.1) is 5.56 Å². The van der Waals surface area contributed by atoms with Crippen molar-refractivity contribution in [2.45, 2.75) is 52.9 Å². The zero-order chi connectivity index (χ0) is 17.6. The maximum Gasteiger partial charge on any atom is 0.253 e. The number of anilines is 1. The third-order valence-electron chi connectivity index (χ3n) is 5.61. The monoisotopic (exact) mass is 332 g/mol. The highest BCUT2D eigenvalue weighted by Crippen LogP contribution is 2.30. The fourth-order valence-corrected chi connectivity index (χ4v) is 3.61. The number of hydrogen-bond acceptors (Lipinski definition) is 3. The predicted octanol–water partition coefficient (Wildman–Crippen LogP) is 3.51. The molecule has 0 spiro atoms. The van der Waals surface area contributed by atoms with Gasteiger partial charge in [0.25, 0.3) is 5.91 Å². The van der Waals surface area contributed by atoms with E-state index in [0.717, 1.165) is 49.2 Å². The first kappa shape index (κ1) is 18.8. The minimum atomic E-state index is -0.0119. The molecule has 1 heterocycles. The van der Waals surface area contributed by atoms with E-state index in [1.54, 1.807) is 0 Å². The second-order valence-corrected chi connectivity index (χ2v) is 7.08. The van der Waals surface area contributed by atoms with Crippen molar-refractivity contribution in [2.75, 3.05) is 31.1 Å². The number of aryl methyl sites for hydroxylation is 1. The van der Waals surface area contributed by atoms with E-state index in [0.29, 0.717) is 6.54 Å². The zero-order valence-corrected chi connectivity index (χ0v) is 15.4. The molecular weight excluding hydrogens is 300 g/mol. The first-order valence-electron chi connectivity index (χ1n) is 9.30. The van der Waals surface area contributed by atoms with Crippen molar-refractivity contribution in [3.63, 3.8) is 0 Å². The Balaban J connectivity index is 2.15. The number of carbonyl (C=O) groups is 1. The first-order valence-corrected chi connectivity index (χ1v) is 9.30. The van der Waals surface area contributed by atoms with E-state index in [2.05, 4.69) is 36.2 Å². The van der Waals surface area contributed by atoms with Gasteiger partial charge in [-0.25, -0.2) is 0 Å². The maximum absolute atomic E-state index is 12.9. The Bertz CT molecular complexity index is 547. The molecule has 0 saturated carbocycles. The summed E-state index contributed by atoms with van der Waals surface area (Å²) >= 11 is 0. The first-order chi connectivity index (χ1) is 11.5. The van der Waals surface area contributed by atoms with Crippen LogP contribution >= 0.6 is 0 Å². The van der Waals surface area contributed by atoms with E-state index >= 15 is 0 Å². The van der Waals surface area contributed by atoms with Crippen LogP contribution in [0.15, 0.2) is 18.2 Å². The number of nitrogens with zero attached hydrogens (tertiary/aromatic N) is 1. The number of benzene rings is 1. The lowest BCUT2D eigenvalue weighted by atomic mass is 9.79. The van der Waals surface area contributed by atoms with Crippen LogP contribution < -0.4 is 10.2 Å². The van der Waals surface area contributed by atoms with E-state index in [1.807, 2.05) is 13.0 Å². The molecule has 2 rings (SSSR count). The van der Waals surface area contributed by atoms with Crippen LogP contribution in [0.2, 0.25) is 0 Å². The number of nitrogens with one attached hydrogen (secondary N) is 1. The Morgan fingerprint density at radius 1 is 1.25 bits per heavy atom. The molecule has 2 N–H and O–H groups in total. The Morgan fingerprint density at radius 2 is 1.92 bits per heavy atom. The maximum atomic E-state index is 12.9. The normalized spacial score (nSPS) is 14.9. The molecule has 1 aromatic rings. The third-order valence-corrected chi connectivity index (χ3v) is 5.61. The zero-order valence-electron chi connectivity index (χ0n) is 15.4. The Hall–Kier alpha value is -1.55. The highest BCUT2D eigenvalue weighted by atomic mass is 16.3.